The summed E-state index contributed by atoms with van der Waals surface area (Å²) in [7, 11) is 0. The minimum absolute atomic E-state index is 0.529. The van der Waals surface area contributed by atoms with Crippen LogP contribution in [0.5, 0.6) is 0 Å². The lowest BCUT2D eigenvalue weighted by atomic mass is 10.1. The highest BCUT2D eigenvalue weighted by Crippen LogP contribution is 2.38. The first-order chi connectivity index (χ1) is 10.7. The Balaban J connectivity index is 1.56. The van der Waals surface area contributed by atoms with Crippen LogP contribution in [0.25, 0.3) is 0 Å². The zero-order chi connectivity index (χ0) is 15.4. The zero-order valence-corrected chi connectivity index (χ0v) is 13.2. The Kier molecular flexibility index (Phi) is 4.77. The number of nitrogens with one attached hydrogen (secondary N) is 1. The molecule has 0 spiro atoms. The van der Waals surface area contributed by atoms with Gasteiger partial charge in [-0.1, -0.05) is 24.2 Å². The Morgan fingerprint density at radius 1 is 1.32 bits per heavy atom. The minimum Gasteiger partial charge on any atom is -0.338 e. The van der Waals surface area contributed by atoms with Gasteiger partial charge in [0.2, 0.25) is 5.89 Å². The maximum Gasteiger partial charge on any atom is 0.240 e. The number of aromatic nitrogens is 6. The van der Waals surface area contributed by atoms with Crippen LogP contribution in [-0.4, -0.2) is 48.8 Å². The number of hydrogen-bond donors (Lipinski definition) is 1. The minimum atomic E-state index is 0.529. The summed E-state index contributed by atoms with van der Waals surface area (Å²) in [6.45, 7) is 7.00. The van der Waals surface area contributed by atoms with Crippen LogP contribution in [0.4, 0.5) is 0 Å². The molecule has 22 heavy (non-hydrogen) atoms. The van der Waals surface area contributed by atoms with E-state index in [1.807, 2.05) is 0 Å². The molecule has 0 aromatic carbocycles. The van der Waals surface area contributed by atoms with Crippen molar-refractivity contribution in [1.29, 1.82) is 0 Å². The molecule has 0 unspecified atom stereocenters. The average Bonchev–Trinajstić information content (AvgIpc) is 3.02. The second-order valence-corrected chi connectivity index (χ2v) is 6.36. The van der Waals surface area contributed by atoms with Gasteiger partial charge >= 0.3 is 0 Å². The van der Waals surface area contributed by atoms with Crippen molar-refractivity contribution >= 4 is 0 Å². The van der Waals surface area contributed by atoms with Crippen LogP contribution in [-0.2, 0) is 13.0 Å². The van der Waals surface area contributed by atoms with Crippen molar-refractivity contribution in [3.8, 4) is 0 Å². The summed E-state index contributed by atoms with van der Waals surface area (Å²) < 4.78 is 5.39. The maximum absolute atomic E-state index is 5.39. The highest BCUT2D eigenvalue weighted by Gasteiger charge is 2.29. The molecule has 2 aromatic heterocycles. The smallest absolute Gasteiger partial charge is 0.240 e. The van der Waals surface area contributed by atoms with Gasteiger partial charge in [0.15, 0.2) is 11.6 Å². The van der Waals surface area contributed by atoms with E-state index in [4.69, 9.17) is 4.52 Å². The van der Waals surface area contributed by atoms with E-state index in [0.717, 1.165) is 37.6 Å². The van der Waals surface area contributed by atoms with Gasteiger partial charge in [-0.3, -0.25) is 4.90 Å². The number of tetrazole rings is 1. The molecule has 8 nitrogen and oxygen atoms in total. The molecule has 1 aliphatic rings. The first-order valence-electron chi connectivity index (χ1n) is 7.98. The van der Waals surface area contributed by atoms with Crippen LogP contribution in [0.1, 0.15) is 56.6 Å². The highest BCUT2D eigenvalue weighted by atomic mass is 16.5. The summed E-state index contributed by atoms with van der Waals surface area (Å²) in [5.74, 6) is 3.51. The molecule has 8 heteroatoms. The van der Waals surface area contributed by atoms with Crippen LogP contribution >= 0.6 is 0 Å². The molecule has 2 aromatic rings. The molecule has 0 amide bonds. The van der Waals surface area contributed by atoms with E-state index in [2.05, 4.69) is 49.5 Å². The van der Waals surface area contributed by atoms with Crippen LogP contribution in [0.3, 0.4) is 0 Å². The molecule has 3 rings (SSSR count). The quantitative estimate of drug-likeness (QED) is 0.750. The van der Waals surface area contributed by atoms with Crippen LogP contribution in [0.15, 0.2) is 4.52 Å². The Morgan fingerprint density at radius 3 is 2.86 bits per heavy atom. The van der Waals surface area contributed by atoms with Gasteiger partial charge in [-0.05, 0) is 31.7 Å². The summed E-state index contributed by atoms with van der Waals surface area (Å²) in [5, 5.41) is 18.2. The molecule has 1 aliphatic carbocycles. The number of rotatable bonds is 9. The lowest BCUT2D eigenvalue weighted by molar-refractivity contribution is 0.216. The van der Waals surface area contributed by atoms with Gasteiger partial charge in [0.1, 0.15) is 0 Å². The Morgan fingerprint density at radius 2 is 2.18 bits per heavy atom. The average molecular weight is 305 g/mol. The maximum atomic E-state index is 5.39. The molecule has 1 saturated carbocycles. The van der Waals surface area contributed by atoms with Crippen LogP contribution in [0.2, 0.25) is 0 Å². The molecule has 1 fully saturated rings. The molecular weight excluding hydrogens is 282 g/mol. The van der Waals surface area contributed by atoms with Crippen molar-refractivity contribution in [2.75, 3.05) is 13.1 Å². The van der Waals surface area contributed by atoms with Gasteiger partial charge in [0.25, 0.3) is 0 Å². The van der Waals surface area contributed by atoms with Crippen molar-refractivity contribution in [3.63, 3.8) is 0 Å². The van der Waals surface area contributed by atoms with Gasteiger partial charge in [0, 0.05) is 18.9 Å². The normalized spacial score (nSPS) is 15.1. The fraction of sp³-hybridized carbons (Fsp3) is 0.786. The molecule has 1 N–H and O–H groups in total. The fourth-order valence-corrected chi connectivity index (χ4v) is 2.29. The Bertz CT molecular complexity index is 562. The summed E-state index contributed by atoms with van der Waals surface area (Å²) in [5.41, 5.74) is 0. The summed E-state index contributed by atoms with van der Waals surface area (Å²) in [4.78, 5) is 6.83. The van der Waals surface area contributed by atoms with Gasteiger partial charge in [0.05, 0.1) is 6.54 Å². The number of H-pyrrole nitrogens is 1. The van der Waals surface area contributed by atoms with E-state index in [0.29, 0.717) is 24.3 Å². The molecule has 0 aliphatic heterocycles. The topological polar surface area (TPSA) is 96.6 Å². The largest absolute Gasteiger partial charge is 0.338 e. The van der Waals surface area contributed by atoms with E-state index in [1.165, 1.54) is 12.8 Å². The third-order valence-electron chi connectivity index (χ3n) is 3.85. The summed E-state index contributed by atoms with van der Waals surface area (Å²) in [6.07, 6.45) is 4.27. The summed E-state index contributed by atoms with van der Waals surface area (Å²) >= 11 is 0. The van der Waals surface area contributed by atoms with Crippen molar-refractivity contribution in [2.45, 2.75) is 52.0 Å². The fourth-order valence-electron chi connectivity index (χ4n) is 2.29. The molecule has 0 radical (unpaired) electrons. The van der Waals surface area contributed by atoms with Crippen molar-refractivity contribution in [1.82, 2.24) is 35.7 Å². The van der Waals surface area contributed by atoms with Crippen molar-refractivity contribution < 1.29 is 4.52 Å². The van der Waals surface area contributed by atoms with Crippen molar-refractivity contribution in [3.05, 3.63) is 17.5 Å². The Hall–Kier alpha value is -1.83. The molecule has 0 saturated heterocycles. The number of nitrogens with zero attached hydrogens (tertiary/aromatic N) is 6. The Labute approximate surface area is 129 Å². The highest BCUT2D eigenvalue weighted by molar-refractivity contribution is 5.03. The SMILES string of the molecule is CC(C)CCN(CCc1nn[nH]n1)Cc1nc(C2CC2)no1. The lowest BCUT2D eigenvalue weighted by Gasteiger charge is -2.20. The standard InChI is InChI=1S/C14H23N7O/c1-10(2)5-7-21(8-6-12-16-19-20-17-12)9-13-15-14(18-22-13)11-3-4-11/h10-11H,3-9H2,1-2H3,(H,16,17,19,20). The third kappa shape index (κ3) is 4.33. The molecule has 0 atom stereocenters. The predicted molar refractivity (Wildman–Crippen MR) is 78.9 cm³/mol. The van der Waals surface area contributed by atoms with Gasteiger partial charge in [-0.15, -0.1) is 10.2 Å². The monoisotopic (exact) mass is 305 g/mol. The van der Waals surface area contributed by atoms with Crippen LogP contribution in [0, 0.1) is 5.92 Å². The number of hydrogen-bond acceptors (Lipinski definition) is 7. The van der Waals surface area contributed by atoms with E-state index in [-0.39, 0.29) is 0 Å². The van der Waals surface area contributed by atoms with Crippen molar-refractivity contribution in [2.24, 2.45) is 5.92 Å². The molecule has 0 bridgehead atoms. The summed E-state index contributed by atoms with van der Waals surface area (Å²) in [6, 6.07) is 0. The zero-order valence-electron chi connectivity index (χ0n) is 13.2. The van der Waals surface area contributed by atoms with E-state index >= 15 is 0 Å². The van der Waals surface area contributed by atoms with Gasteiger partial charge < -0.3 is 4.52 Å². The van der Waals surface area contributed by atoms with Gasteiger partial charge in [-0.2, -0.15) is 10.2 Å². The van der Waals surface area contributed by atoms with Gasteiger partial charge in [-0.25, -0.2) is 0 Å². The first-order valence-corrected chi connectivity index (χ1v) is 7.98. The molecule has 120 valence electrons. The second-order valence-electron chi connectivity index (χ2n) is 6.36. The lowest BCUT2D eigenvalue weighted by Crippen LogP contribution is -2.28. The second kappa shape index (κ2) is 6.95. The third-order valence-corrected chi connectivity index (χ3v) is 3.85. The van der Waals surface area contributed by atoms with Crippen LogP contribution < -0.4 is 0 Å². The number of aromatic amines is 1. The van der Waals surface area contributed by atoms with E-state index < -0.39 is 0 Å². The predicted octanol–water partition coefficient (Wildman–Crippen LogP) is 1.55. The first kappa shape index (κ1) is 15.1. The van der Waals surface area contributed by atoms with E-state index in [9.17, 15) is 0 Å². The molecule has 2 heterocycles. The van der Waals surface area contributed by atoms with E-state index in [1.54, 1.807) is 0 Å². The molecular formula is C14H23N7O.